The molecule has 38 heavy (non-hydrogen) atoms. The number of benzene rings is 1. The fourth-order valence-electron chi connectivity index (χ4n) is 6.10. The highest BCUT2D eigenvalue weighted by Crippen LogP contribution is 2.41. The fraction of sp³-hybridized carbons (Fsp3) is 0.556. The summed E-state index contributed by atoms with van der Waals surface area (Å²) in [6, 6.07) is 12.1. The van der Waals surface area contributed by atoms with Crippen molar-refractivity contribution in [1.82, 2.24) is 19.5 Å². The number of hydrogen-bond acceptors (Lipinski definition) is 6. The van der Waals surface area contributed by atoms with Gasteiger partial charge in [0, 0.05) is 62.8 Å². The molecule has 5 rings (SSSR count). The molecule has 0 spiro atoms. The van der Waals surface area contributed by atoms with E-state index >= 15 is 0 Å². The lowest BCUT2D eigenvalue weighted by Gasteiger charge is -2.49. The van der Waals surface area contributed by atoms with Crippen molar-refractivity contribution in [3.63, 3.8) is 0 Å². The van der Waals surface area contributed by atoms with Gasteiger partial charge in [0.1, 0.15) is 5.82 Å². The summed E-state index contributed by atoms with van der Waals surface area (Å²) in [5.41, 5.74) is 0.860. The van der Waals surface area contributed by atoms with Gasteiger partial charge in [-0.3, -0.25) is 14.6 Å². The maximum absolute atomic E-state index is 12.9. The van der Waals surface area contributed by atoms with Gasteiger partial charge in [-0.05, 0) is 62.1 Å². The lowest BCUT2D eigenvalue weighted by atomic mass is 9.71. The number of pyridine rings is 1. The van der Waals surface area contributed by atoms with E-state index in [0.29, 0.717) is 34.9 Å². The molecule has 3 fully saturated rings. The molecule has 8 nitrogen and oxygen atoms in total. The van der Waals surface area contributed by atoms with E-state index in [0.717, 1.165) is 64.0 Å². The van der Waals surface area contributed by atoms with Gasteiger partial charge < -0.3 is 4.90 Å². The van der Waals surface area contributed by atoms with E-state index < -0.39 is 10.0 Å². The second kappa shape index (κ2) is 11.4. The number of hydrogen-bond donors (Lipinski definition) is 1. The molecule has 0 saturated carbocycles. The minimum absolute atomic E-state index is 0.0412. The summed E-state index contributed by atoms with van der Waals surface area (Å²) < 4.78 is 25.8. The number of anilines is 1. The fourth-order valence-corrected chi connectivity index (χ4v) is 7.24. The van der Waals surface area contributed by atoms with Gasteiger partial charge in [-0.25, -0.2) is 18.1 Å². The Hall–Kier alpha value is -1.75. The summed E-state index contributed by atoms with van der Waals surface area (Å²) in [7, 11) is -3.16. The number of rotatable bonds is 8. The van der Waals surface area contributed by atoms with Crippen molar-refractivity contribution in [3.8, 4) is 0 Å². The van der Waals surface area contributed by atoms with Crippen LogP contribution in [0.4, 0.5) is 5.82 Å². The quantitative estimate of drug-likeness (QED) is 0.515. The third kappa shape index (κ3) is 6.35. The Balaban J connectivity index is 1.24. The monoisotopic (exact) mass is 579 g/mol. The van der Waals surface area contributed by atoms with E-state index in [2.05, 4.69) is 19.5 Å². The van der Waals surface area contributed by atoms with Gasteiger partial charge in [0.25, 0.3) is 0 Å². The summed E-state index contributed by atoms with van der Waals surface area (Å²) in [5, 5.41) is 1.06. The molecule has 1 aromatic carbocycles. The smallest absolute Gasteiger partial charge is 0.228 e. The third-order valence-corrected chi connectivity index (χ3v) is 9.81. The highest BCUT2D eigenvalue weighted by atomic mass is 35.5. The van der Waals surface area contributed by atoms with Crippen molar-refractivity contribution in [2.24, 2.45) is 0 Å². The Bertz CT molecular complexity index is 1250. The highest BCUT2D eigenvalue weighted by molar-refractivity contribution is 7.88. The minimum Gasteiger partial charge on any atom is -0.300 e. The van der Waals surface area contributed by atoms with E-state index in [-0.39, 0.29) is 17.4 Å². The molecule has 1 aromatic heterocycles. The number of amides is 1. The van der Waals surface area contributed by atoms with Gasteiger partial charge in [0.2, 0.25) is 15.9 Å². The summed E-state index contributed by atoms with van der Waals surface area (Å²) >= 11 is 12.7. The van der Waals surface area contributed by atoms with Crippen molar-refractivity contribution < 1.29 is 13.2 Å². The average Bonchev–Trinajstić information content (AvgIpc) is 2.86. The maximum Gasteiger partial charge on any atom is 0.228 e. The number of carbonyl (C=O) groups excluding carboxylic acids is 1. The van der Waals surface area contributed by atoms with Crippen LogP contribution < -0.4 is 9.62 Å². The Labute approximate surface area is 235 Å². The molecule has 3 saturated heterocycles. The van der Waals surface area contributed by atoms with Crippen LogP contribution in [0.2, 0.25) is 10.0 Å². The molecular weight excluding hydrogens is 545 g/mol. The molecule has 2 aromatic rings. The lowest BCUT2D eigenvalue weighted by molar-refractivity contribution is -0.120. The lowest BCUT2D eigenvalue weighted by Crippen LogP contribution is -2.62. The number of sulfonamides is 1. The maximum atomic E-state index is 12.9. The number of nitrogens with one attached hydrogen (secondary N) is 1. The van der Waals surface area contributed by atoms with Crippen molar-refractivity contribution >= 4 is 45.0 Å². The molecule has 0 bridgehead atoms. The average molecular weight is 581 g/mol. The summed E-state index contributed by atoms with van der Waals surface area (Å²) in [4.78, 5) is 24.2. The van der Waals surface area contributed by atoms with Gasteiger partial charge in [-0.2, -0.15) is 0 Å². The normalized spacial score (nSPS) is 24.5. The molecular formula is C27H35Cl2N5O3S. The van der Waals surface area contributed by atoms with E-state index in [9.17, 15) is 13.2 Å². The van der Waals surface area contributed by atoms with Crippen LogP contribution in [-0.2, 0) is 20.2 Å². The number of piperidine rings is 2. The summed E-state index contributed by atoms with van der Waals surface area (Å²) in [6.07, 6.45) is 6.75. The van der Waals surface area contributed by atoms with Gasteiger partial charge in [0.15, 0.2) is 0 Å². The summed E-state index contributed by atoms with van der Waals surface area (Å²) in [6.45, 7) is 5.32. The zero-order valence-electron chi connectivity index (χ0n) is 21.7. The molecule has 3 aliphatic rings. The SMILES string of the molecule is CS(=O)(=O)NC1CCN(C2CN(CCC3(c4ccc(Cl)c(Cl)c4)CCC(=O)N(c4ccccn4)C3)C2)CC1. The van der Waals surface area contributed by atoms with Crippen LogP contribution in [-0.4, -0.2) is 86.7 Å². The third-order valence-electron chi connectivity index (χ3n) is 8.31. The number of nitrogens with zero attached hydrogens (tertiary/aromatic N) is 4. The molecule has 1 amide bonds. The van der Waals surface area contributed by atoms with Crippen molar-refractivity contribution in [1.29, 1.82) is 0 Å². The van der Waals surface area contributed by atoms with E-state index in [1.54, 1.807) is 6.20 Å². The molecule has 1 atom stereocenters. The number of aromatic nitrogens is 1. The van der Waals surface area contributed by atoms with E-state index in [1.807, 2.05) is 41.3 Å². The van der Waals surface area contributed by atoms with E-state index in [4.69, 9.17) is 23.2 Å². The van der Waals surface area contributed by atoms with Crippen LogP contribution in [0.3, 0.4) is 0 Å². The topological polar surface area (TPSA) is 85.8 Å². The molecule has 0 aliphatic carbocycles. The largest absolute Gasteiger partial charge is 0.300 e. The zero-order chi connectivity index (χ0) is 26.9. The molecule has 1 N–H and O–H groups in total. The van der Waals surface area contributed by atoms with Crippen molar-refractivity contribution in [2.75, 3.05) is 50.4 Å². The number of likely N-dealkylation sites (tertiary alicyclic amines) is 2. The Morgan fingerprint density at radius 3 is 2.53 bits per heavy atom. The van der Waals surface area contributed by atoms with Crippen molar-refractivity contribution in [2.45, 2.75) is 49.6 Å². The van der Waals surface area contributed by atoms with Gasteiger partial charge in [0.05, 0.1) is 16.3 Å². The van der Waals surface area contributed by atoms with Crippen molar-refractivity contribution in [3.05, 3.63) is 58.2 Å². The van der Waals surface area contributed by atoms with Gasteiger partial charge in [-0.15, -0.1) is 0 Å². The van der Waals surface area contributed by atoms with Crippen LogP contribution in [0.25, 0.3) is 0 Å². The molecule has 4 heterocycles. The first-order valence-corrected chi connectivity index (χ1v) is 15.9. The highest BCUT2D eigenvalue weighted by Gasteiger charge is 2.43. The van der Waals surface area contributed by atoms with Crippen LogP contribution in [0.5, 0.6) is 0 Å². The Kier molecular flexibility index (Phi) is 8.33. The predicted octanol–water partition coefficient (Wildman–Crippen LogP) is 3.54. The second-order valence-corrected chi connectivity index (χ2v) is 13.5. The minimum atomic E-state index is -3.16. The van der Waals surface area contributed by atoms with Crippen LogP contribution >= 0.6 is 23.2 Å². The van der Waals surface area contributed by atoms with E-state index in [1.165, 1.54) is 6.26 Å². The molecule has 206 valence electrons. The second-order valence-electron chi connectivity index (χ2n) is 10.9. The standard InChI is InChI=1S/C27H35Cl2N5O3S/c1-38(36,37)31-21-8-13-33(14-9-21)22-17-32(18-22)15-11-27(20-5-6-23(28)24(29)16-20)10-7-26(35)34(19-27)25-4-2-3-12-30-25/h2-6,12,16,21-22,31H,7-11,13-15,17-19H2,1H3. The Morgan fingerprint density at radius 1 is 1.11 bits per heavy atom. The van der Waals surface area contributed by atoms with Crippen LogP contribution in [0.15, 0.2) is 42.6 Å². The summed E-state index contributed by atoms with van der Waals surface area (Å²) in [5.74, 6) is 0.775. The van der Waals surface area contributed by atoms with Crippen LogP contribution in [0, 0.1) is 0 Å². The predicted molar refractivity (Wildman–Crippen MR) is 151 cm³/mol. The molecule has 11 heteroatoms. The van der Waals surface area contributed by atoms with Gasteiger partial charge >= 0.3 is 0 Å². The van der Waals surface area contributed by atoms with Crippen LogP contribution in [0.1, 0.15) is 37.7 Å². The first-order valence-electron chi connectivity index (χ1n) is 13.2. The molecule has 1 unspecified atom stereocenters. The molecule has 0 radical (unpaired) electrons. The zero-order valence-corrected chi connectivity index (χ0v) is 24.0. The number of halogens is 2. The molecule has 3 aliphatic heterocycles. The first kappa shape index (κ1) is 27.8. The Morgan fingerprint density at radius 2 is 1.87 bits per heavy atom. The van der Waals surface area contributed by atoms with Gasteiger partial charge in [-0.1, -0.05) is 35.3 Å². The first-order chi connectivity index (χ1) is 18.1. The number of carbonyl (C=O) groups is 1.